The van der Waals surface area contributed by atoms with Crippen LogP contribution in [0.3, 0.4) is 0 Å². The van der Waals surface area contributed by atoms with Gasteiger partial charge in [0.25, 0.3) is 0 Å². The molecule has 1 aliphatic rings. The van der Waals surface area contributed by atoms with Crippen LogP contribution in [0.15, 0.2) is 24.3 Å². The molecule has 1 N–H and O–H groups in total. The lowest BCUT2D eigenvalue weighted by Gasteiger charge is -2.40. The smallest absolute Gasteiger partial charge is 0.378 e. The van der Waals surface area contributed by atoms with Crippen LogP contribution in [0.25, 0.3) is 0 Å². The van der Waals surface area contributed by atoms with Gasteiger partial charge >= 0.3 is 6.18 Å². The van der Waals surface area contributed by atoms with Crippen molar-refractivity contribution in [3.63, 3.8) is 0 Å². The number of anilines is 1. The first kappa shape index (κ1) is 15.5. The zero-order valence-electron chi connectivity index (χ0n) is 11.4. The second-order valence-electron chi connectivity index (χ2n) is 5.82. The molecule has 0 spiro atoms. The van der Waals surface area contributed by atoms with Crippen molar-refractivity contribution in [2.75, 3.05) is 11.2 Å². The molecule has 0 amide bonds. The maximum absolute atomic E-state index is 12.5. The molecule has 0 bridgehead atoms. The molecule has 1 fully saturated rings. The molecule has 2 rings (SSSR count). The van der Waals surface area contributed by atoms with Crippen LogP contribution in [0.5, 0.6) is 0 Å². The first-order valence-corrected chi connectivity index (χ1v) is 7.39. The topological polar surface area (TPSA) is 12.0 Å². The second kappa shape index (κ2) is 5.84. The van der Waals surface area contributed by atoms with Crippen LogP contribution >= 0.6 is 11.6 Å². The summed E-state index contributed by atoms with van der Waals surface area (Å²) in [5.74, 6) is 1.06. The van der Waals surface area contributed by atoms with E-state index in [4.69, 9.17) is 11.6 Å². The fourth-order valence-electron chi connectivity index (χ4n) is 2.98. The molecule has 0 aromatic heterocycles. The molecule has 112 valence electrons. The summed E-state index contributed by atoms with van der Waals surface area (Å²) in [6.07, 6.45) is -0.0870. The Morgan fingerprint density at radius 2 is 1.95 bits per heavy atom. The number of rotatable bonds is 3. The molecule has 1 aromatic rings. The van der Waals surface area contributed by atoms with E-state index in [1.165, 1.54) is 18.6 Å². The lowest BCUT2D eigenvalue weighted by atomic mass is 9.77. The fourth-order valence-corrected chi connectivity index (χ4v) is 3.29. The molecule has 2 atom stereocenters. The van der Waals surface area contributed by atoms with E-state index < -0.39 is 11.7 Å². The third-order valence-electron chi connectivity index (χ3n) is 3.97. The van der Waals surface area contributed by atoms with E-state index in [0.717, 1.165) is 31.4 Å². The number of nitrogens with one attached hydrogen (secondary N) is 1. The first-order chi connectivity index (χ1) is 9.35. The SMILES string of the molecule is CC1CCCC(CCl)(Nc2ccc(C(F)(F)F)cc2)C1. The van der Waals surface area contributed by atoms with Gasteiger partial charge in [-0.05, 0) is 43.0 Å². The summed E-state index contributed by atoms with van der Waals surface area (Å²) < 4.78 is 37.6. The summed E-state index contributed by atoms with van der Waals surface area (Å²) in [6, 6.07) is 5.18. The Morgan fingerprint density at radius 1 is 1.30 bits per heavy atom. The van der Waals surface area contributed by atoms with Gasteiger partial charge in [0.1, 0.15) is 0 Å². The maximum atomic E-state index is 12.5. The molecule has 0 radical (unpaired) electrons. The maximum Gasteiger partial charge on any atom is 0.416 e. The average Bonchev–Trinajstić information content (AvgIpc) is 2.38. The zero-order chi connectivity index (χ0) is 14.8. The molecule has 1 saturated carbocycles. The van der Waals surface area contributed by atoms with Gasteiger partial charge in [0, 0.05) is 11.6 Å². The molecular weight excluding hydrogens is 287 g/mol. The van der Waals surface area contributed by atoms with Crippen LogP contribution in [-0.2, 0) is 6.18 Å². The minimum Gasteiger partial charge on any atom is -0.378 e. The Hall–Kier alpha value is -0.900. The Morgan fingerprint density at radius 3 is 2.45 bits per heavy atom. The number of hydrogen-bond donors (Lipinski definition) is 1. The highest BCUT2D eigenvalue weighted by Crippen LogP contribution is 2.36. The Kier molecular flexibility index (Phi) is 4.52. The summed E-state index contributed by atoms with van der Waals surface area (Å²) in [6.45, 7) is 2.19. The number of halogens is 4. The van der Waals surface area contributed by atoms with E-state index in [2.05, 4.69) is 12.2 Å². The third-order valence-corrected chi connectivity index (χ3v) is 4.48. The van der Waals surface area contributed by atoms with Crippen molar-refractivity contribution in [3.8, 4) is 0 Å². The van der Waals surface area contributed by atoms with Crippen molar-refractivity contribution in [1.29, 1.82) is 0 Å². The van der Waals surface area contributed by atoms with Crippen LogP contribution in [-0.4, -0.2) is 11.4 Å². The average molecular weight is 306 g/mol. The highest BCUT2D eigenvalue weighted by Gasteiger charge is 2.34. The van der Waals surface area contributed by atoms with Gasteiger partial charge in [-0.3, -0.25) is 0 Å². The minimum atomic E-state index is -4.29. The minimum absolute atomic E-state index is 0.195. The monoisotopic (exact) mass is 305 g/mol. The van der Waals surface area contributed by atoms with E-state index in [1.807, 2.05) is 0 Å². The van der Waals surface area contributed by atoms with Crippen molar-refractivity contribution >= 4 is 17.3 Å². The largest absolute Gasteiger partial charge is 0.416 e. The first-order valence-electron chi connectivity index (χ1n) is 6.86. The van der Waals surface area contributed by atoms with Crippen molar-refractivity contribution in [1.82, 2.24) is 0 Å². The van der Waals surface area contributed by atoms with Crippen molar-refractivity contribution in [3.05, 3.63) is 29.8 Å². The molecule has 5 heteroatoms. The van der Waals surface area contributed by atoms with Gasteiger partial charge in [0.05, 0.1) is 11.1 Å². The van der Waals surface area contributed by atoms with E-state index in [-0.39, 0.29) is 5.54 Å². The van der Waals surface area contributed by atoms with E-state index >= 15 is 0 Å². The second-order valence-corrected chi connectivity index (χ2v) is 6.08. The number of alkyl halides is 4. The van der Waals surface area contributed by atoms with Crippen molar-refractivity contribution < 1.29 is 13.2 Å². The third kappa shape index (κ3) is 3.60. The molecular formula is C15H19ClF3N. The summed E-state index contributed by atoms with van der Waals surface area (Å²) in [4.78, 5) is 0. The molecule has 2 unspecified atom stereocenters. The molecule has 0 aliphatic heterocycles. The van der Waals surface area contributed by atoms with Gasteiger partial charge < -0.3 is 5.32 Å². The highest BCUT2D eigenvalue weighted by atomic mass is 35.5. The van der Waals surface area contributed by atoms with Crippen molar-refractivity contribution in [2.45, 2.75) is 44.3 Å². The number of hydrogen-bond acceptors (Lipinski definition) is 1. The molecule has 1 nitrogen and oxygen atoms in total. The lowest BCUT2D eigenvalue weighted by Crippen LogP contribution is -2.44. The molecule has 0 saturated heterocycles. The lowest BCUT2D eigenvalue weighted by molar-refractivity contribution is -0.137. The summed E-state index contributed by atoms with van der Waals surface area (Å²) in [5, 5.41) is 3.35. The van der Waals surface area contributed by atoms with Gasteiger partial charge in [-0.15, -0.1) is 11.6 Å². The number of benzene rings is 1. The van der Waals surface area contributed by atoms with Crippen molar-refractivity contribution in [2.24, 2.45) is 5.92 Å². The highest BCUT2D eigenvalue weighted by molar-refractivity contribution is 6.18. The summed E-state index contributed by atoms with van der Waals surface area (Å²) in [5.41, 5.74) is -0.119. The van der Waals surface area contributed by atoms with Gasteiger partial charge in [0.2, 0.25) is 0 Å². The summed E-state index contributed by atoms with van der Waals surface area (Å²) >= 11 is 6.11. The summed E-state index contributed by atoms with van der Waals surface area (Å²) in [7, 11) is 0. The Labute approximate surface area is 122 Å². The van der Waals surface area contributed by atoms with Crippen LogP contribution in [0.2, 0.25) is 0 Å². The van der Waals surface area contributed by atoms with Gasteiger partial charge in [-0.25, -0.2) is 0 Å². The Bertz CT molecular complexity index is 443. The van der Waals surface area contributed by atoms with E-state index in [0.29, 0.717) is 17.5 Å². The van der Waals surface area contributed by atoms with Crippen LogP contribution in [0.1, 0.15) is 38.2 Å². The molecule has 20 heavy (non-hydrogen) atoms. The van der Waals surface area contributed by atoms with Gasteiger partial charge in [0.15, 0.2) is 0 Å². The quantitative estimate of drug-likeness (QED) is 0.747. The molecule has 1 aromatic carbocycles. The van der Waals surface area contributed by atoms with Crippen LogP contribution < -0.4 is 5.32 Å². The van der Waals surface area contributed by atoms with Gasteiger partial charge in [-0.1, -0.05) is 19.8 Å². The van der Waals surface area contributed by atoms with E-state index in [1.54, 1.807) is 0 Å². The van der Waals surface area contributed by atoms with Crippen LogP contribution in [0, 0.1) is 5.92 Å². The normalized spacial score (nSPS) is 27.4. The molecule has 1 aliphatic carbocycles. The standard InChI is InChI=1S/C15H19ClF3N/c1-11-3-2-8-14(9-11,10-16)20-13-6-4-12(5-7-13)15(17,18)19/h4-7,11,20H,2-3,8-10H2,1H3. The Balaban J connectivity index is 2.12. The molecule has 0 heterocycles. The van der Waals surface area contributed by atoms with Gasteiger partial charge in [-0.2, -0.15) is 13.2 Å². The van der Waals surface area contributed by atoms with Crippen LogP contribution in [0.4, 0.5) is 18.9 Å². The predicted octanol–water partition coefficient (Wildman–Crippen LogP) is 5.31. The van der Waals surface area contributed by atoms with E-state index in [9.17, 15) is 13.2 Å². The predicted molar refractivity (Wildman–Crippen MR) is 76.1 cm³/mol. The fraction of sp³-hybridized carbons (Fsp3) is 0.600. The zero-order valence-corrected chi connectivity index (χ0v) is 12.2.